The SMILES string of the molecule is Cc1nn(C)c(Oc2cccc([N+](=O)[O-])c2C)c1CCl. The van der Waals surface area contributed by atoms with E-state index in [4.69, 9.17) is 16.3 Å². The molecule has 0 saturated carbocycles. The van der Waals surface area contributed by atoms with E-state index in [9.17, 15) is 10.1 Å². The third kappa shape index (κ3) is 2.46. The quantitative estimate of drug-likeness (QED) is 0.492. The highest BCUT2D eigenvalue weighted by Gasteiger charge is 2.19. The lowest BCUT2D eigenvalue weighted by Gasteiger charge is -2.10. The molecular formula is C13H14ClN3O3. The van der Waals surface area contributed by atoms with Crippen molar-refractivity contribution < 1.29 is 9.66 Å². The number of nitrogens with zero attached hydrogens (tertiary/aromatic N) is 3. The van der Waals surface area contributed by atoms with Gasteiger partial charge < -0.3 is 4.74 Å². The Balaban J connectivity index is 2.46. The smallest absolute Gasteiger partial charge is 0.276 e. The van der Waals surface area contributed by atoms with Crippen LogP contribution in [0.4, 0.5) is 5.69 Å². The van der Waals surface area contributed by atoms with Gasteiger partial charge in [-0.1, -0.05) is 6.07 Å². The first-order chi connectivity index (χ1) is 9.45. The van der Waals surface area contributed by atoms with E-state index in [0.717, 1.165) is 11.3 Å². The van der Waals surface area contributed by atoms with Gasteiger partial charge in [0.1, 0.15) is 5.75 Å². The first-order valence-electron chi connectivity index (χ1n) is 5.96. The monoisotopic (exact) mass is 295 g/mol. The lowest BCUT2D eigenvalue weighted by atomic mass is 10.2. The standard InChI is InChI=1S/C13H14ClN3O3/c1-8-11(17(18)19)5-4-6-12(8)20-13-10(7-14)9(2)15-16(13)3/h4-6H,7H2,1-3H3. The predicted octanol–water partition coefficient (Wildman–Crippen LogP) is 3.48. The van der Waals surface area contributed by atoms with Crippen molar-refractivity contribution in [2.75, 3.05) is 0 Å². The summed E-state index contributed by atoms with van der Waals surface area (Å²) in [5, 5.41) is 15.2. The van der Waals surface area contributed by atoms with Crippen molar-refractivity contribution in [3.8, 4) is 11.6 Å². The third-order valence-corrected chi connectivity index (χ3v) is 3.35. The topological polar surface area (TPSA) is 70.2 Å². The summed E-state index contributed by atoms with van der Waals surface area (Å²) in [6.45, 7) is 3.49. The van der Waals surface area contributed by atoms with Crippen LogP contribution in [0, 0.1) is 24.0 Å². The molecule has 1 aromatic carbocycles. The highest BCUT2D eigenvalue weighted by atomic mass is 35.5. The van der Waals surface area contributed by atoms with Crippen molar-refractivity contribution in [1.82, 2.24) is 9.78 Å². The minimum absolute atomic E-state index is 0.0220. The number of aromatic nitrogens is 2. The van der Waals surface area contributed by atoms with E-state index in [1.54, 1.807) is 30.8 Å². The number of hydrogen-bond donors (Lipinski definition) is 0. The number of alkyl halides is 1. The molecule has 1 aromatic heterocycles. The van der Waals surface area contributed by atoms with Crippen LogP contribution in [-0.4, -0.2) is 14.7 Å². The highest BCUT2D eigenvalue weighted by molar-refractivity contribution is 6.17. The maximum absolute atomic E-state index is 10.9. The zero-order chi connectivity index (χ0) is 14.9. The highest BCUT2D eigenvalue weighted by Crippen LogP contribution is 2.33. The summed E-state index contributed by atoms with van der Waals surface area (Å²) in [5.74, 6) is 1.19. The Kier molecular flexibility index (Phi) is 3.94. The van der Waals surface area contributed by atoms with Crippen LogP contribution in [0.1, 0.15) is 16.8 Å². The van der Waals surface area contributed by atoms with Gasteiger partial charge in [-0.3, -0.25) is 10.1 Å². The van der Waals surface area contributed by atoms with Gasteiger partial charge in [0.25, 0.3) is 5.69 Å². The molecule has 6 nitrogen and oxygen atoms in total. The van der Waals surface area contributed by atoms with Crippen LogP contribution >= 0.6 is 11.6 Å². The van der Waals surface area contributed by atoms with Gasteiger partial charge in [0.2, 0.25) is 5.88 Å². The third-order valence-electron chi connectivity index (χ3n) is 3.08. The molecule has 0 atom stereocenters. The number of halogens is 1. The first-order valence-corrected chi connectivity index (χ1v) is 6.49. The van der Waals surface area contributed by atoms with E-state index < -0.39 is 4.92 Å². The molecule has 0 saturated heterocycles. The minimum Gasteiger partial charge on any atom is -0.438 e. The molecule has 0 aliphatic carbocycles. The Morgan fingerprint density at radius 3 is 2.75 bits per heavy atom. The molecule has 0 spiro atoms. The number of benzene rings is 1. The summed E-state index contributed by atoms with van der Waals surface area (Å²) < 4.78 is 7.36. The first kappa shape index (κ1) is 14.3. The molecule has 2 rings (SSSR count). The van der Waals surface area contributed by atoms with Gasteiger partial charge in [0.15, 0.2) is 0 Å². The summed E-state index contributed by atoms with van der Waals surface area (Å²) in [4.78, 5) is 10.5. The van der Waals surface area contributed by atoms with Crippen LogP contribution in [-0.2, 0) is 12.9 Å². The molecule has 2 aromatic rings. The van der Waals surface area contributed by atoms with Crippen molar-refractivity contribution in [2.24, 2.45) is 7.05 Å². The van der Waals surface area contributed by atoms with E-state index >= 15 is 0 Å². The number of nitro benzene ring substituents is 1. The van der Waals surface area contributed by atoms with E-state index in [-0.39, 0.29) is 11.6 Å². The average molecular weight is 296 g/mol. The normalized spacial score (nSPS) is 10.6. The van der Waals surface area contributed by atoms with E-state index in [0.29, 0.717) is 17.2 Å². The van der Waals surface area contributed by atoms with Crippen molar-refractivity contribution in [3.63, 3.8) is 0 Å². The van der Waals surface area contributed by atoms with Crippen molar-refractivity contribution in [3.05, 3.63) is 45.1 Å². The Morgan fingerprint density at radius 2 is 2.15 bits per heavy atom. The fourth-order valence-corrected chi connectivity index (χ4v) is 2.29. The lowest BCUT2D eigenvalue weighted by Crippen LogP contribution is -1.99. The molecule has 1 heterocycles. The number of ether oxygens (including phenoxy) is 1. The maximum atomic E-state index is 10.9. The predicted molar refractivity (Wildman–Crippen MR) is 75.4 cm³/mol. The number of hydrogen-bond acceptors (Lipinski definition) is 4. The molecule has 0 N–H and O–H groups in total. The van der Waals surface area contributed by atoms with Gasteiger partial charge in [0, 0.05) is 13.1 Å². The molecule has 0 radical (unpaired) electrons. The Morgan fingerprint density at radius 1 is 1.45 bits per heavy atom. The minimum atomic E-state index is -0.431. The van der Waals surface area contributed by atoms with Gasteiger partial charge in [-0.15, -0.1) is 11.6 Å². The van der Waals surface area contributed by atoms with Crippen molar-refractivity contribution >= 4 is 17.3 Å². The molecular weight excluding hydrogens is 282 g/mol. The summed E-state index contributed by atoms with van der Waals surface area (Å²) in [6, 6.07) is 4.71. The van der Waals surface area contributed by atoms with E-state index in [1.165, 1.54) is 6.07 Å². The Hall–Kier alpha value is -2.08. The van der Waals surface area contributed by atoms with E-state index in [2.05, 4.69) is 5.10 Å². The molecule has 7 heteroatoms. The molecule has 0 amide bonds. The zero-order valence-electron chi connectivity index (χ0n) is 11.4. The summed E-state index contributed by atoms with van der Waals surface area (Å²) in [6.07, 6.45) is 0. The number of nitro groups is 1. The lowest BCUT2D eigenvalue weighted by molar-refractivity contribution is -0.385. The average Bonchev–Trinajstić information content (AvgIpc) is 2.65. The van der Waals surface area contributed by atoms with Crippen LogP contribution < -0.4 is 4.74 Å². The maximum Gasteiger partial charge on any atom is 0.276 e. The summed E-state index contributed by atoms with van der Waals surface area (Å²) in [5.41, 5.74) is 2.05. The largest absolute Gasteiger partial charge is 0.438 e. The second kappa shape index (κ2) is 5.50. The fourth-order valence-electron chi connectivity index (χ4n) is 1.98. The van der Waals surface area contributed by atoms with Crippen molar-refractivity contribution in [1.29, 1.82) is 0 Å². The Bertz CT molecular complexity index is 667. The summed E-state index contributed by atoms with van der Waals surface area (Å²) >= 11 is 5.90. The zero-order valence-corrected chi connectivity index (χ0v) is 12.1. The van der Waals surface area contributed by atoms with Crippen LogP contribution in [0.15, 0.2) is 18.2 Å². The molecule has 0 unspecified atom stereocenters. The molecule has 0 aliphatic heterocycles. The fraction of sp³-hybridized carbons (Fsp3) is 0.308. The number of aryl methyl sites for hydroxylation is 2. The van der Waals surface area contributed by atoms with Crippen LogP contribution in [0.3, 0.4) is 0 Å². The van der Waals surface area contributed by atoms with Crippen molar-refractivity contribution in [2.45, 2.75) is 19.7 Å². The van der Waals surface area contributed by atoms with Crippen LogP contribution in [0.25, 0.3) is 0 Å². The van der Waals surface area contributed by atoms with Crippen LogP contribution in [0.2, 0.25) is 0 Å². The number of rotatable bonds is 4. The van der Waals surface area contributed by atoms with Gasteiger partial charge in [0.05, 0.1) is 27.6 Å². The van der Waals surface area contributed by atoms with Crippen LogP contribution in [0.5, 0.6) is 11.6 Å². The second-order valence-electron chi connectivity index (χ2n) is 4.39. The summed E-state index contributed by atoms with van der Waals surface area (Å²) in [7, 11) is 1.74. The molecule has 20 heavy (non-hydrogen) atoms. The van der Waals surface area contributed by atoms with Gasteiger partial charge in [-0.05, 0) is 19.9 Å². The van der Waals surface area contributed by atoms with E-state index in [1.807, 2.05) is 6.92 Å². The van der Waals surface area contributed by atoms with Gasteiger partial charge in [-0.25, -0.2) is 4.68 Å². The molecule has 106 valence electrons. The molecule has 0 bridgehead atoms. The van der Waals surface area contributed by atoms with Gasteiger partial charge in [-0.2, -0.15) is 5.10 Å². The molecule has 0 aliphatic rings. The van der Waals surface area contributed by atoms with Gasteiger partial charge >= 0.3 is 0 Å². The second-order valence-corrected chi connectivity index (χ2v) is 4.65. The molecule has 0 fully saturated rings. The Labute approximate surface area is 121 Å².